The lowest BCUT2D eigenvalue weighted by Gasteiger charge is -2.11. The highest BCUT2D eigenvalue weighted by atomic mass is 35.5. The van der Waals surface area contributed by atoms with E-state index >= 15 is 0 Å². The second kappa shape index (κ2) is 6.50. The number of nitrogen functional groups attached to an aromatic ring is 1. The molecule has 0 aromatic heterocycles. The van der Waals surface area contributed by atoms with Crippen LogP contribution in [-0.2, 0) is 0 Å². The second-order valence-corrected chi connectivity index (χ2v) is 5.06. The lowest BCUT2D eigenvalue weighted by molar-refractivity contribution is 0.0956. The number of nitrogens with two attached hydrogens (primary N) is 1. The van der Waals surface area contributed by atoms with E-state index in [1.807, 2.05) is 26.0 Å². The minimum atomic E-state index is -0.163. The number of anilines is 1. The maximum absolute atomic E-state index is 11.7. The molecule has 0 fully saturated rings. The maximum Gasteiger partial charge on any atom is 0.251 e. The molecular formula is C16H17ClN2O2. The minimum absolute atomic E-state index is 0.163. The summed E-state index contributed by atoms with van der Waals surface area (Å²) in [6, 6.07) is 10.4. The van der Waals surface area contributed by atoms with E-state index < -0.39 is 0 Å². The topological polar surface area (TPSA) is 64.3 Å². The van der Waals surface area contributed by atoms with E-state index in [0.29, 0.717) is 34.3 Å². The average Bonchev–Trinajstić information content (AvgIpc) is 2.44. The Hall–Kier alpha value is -2.20. The molecule has 110 valence electrons. The number of nitrogens with one attached hydrogen (secondary N) is 1. The molecule has 2 rings (SSSR count). The monoisotopic (exact) mass is 304 g/mol. The molecule has 0 saturated carbocycles. The molecule has 0 saturated heterocycles. The summed E-state index contributed by atoms with van der Waals surface area (Å²) in [6.45, 7) is 4.37. The number of hydrogen-bond donors (Lipinski definition) is 2. The number of amides is 1. The van der Waals surface area contributed by atoms with Crippen molar-refractivity contribution in [2.75, 3.05) is 12.3 Å². The van der Waals surface area contributed by atoms with Crippen LogP contribution in [0.1, 0.15) is 22.8 Å². The van der Waals surface area contributed by atoms with E-state index in [2.05, 4.69) is 5.32 Å². The maximum atomic E-state index is 11.7. The molecule has 0 heterocycles. The number of carbonyl (C=O) groups excluding carboxylic acids is 1. The summed E-state index contributed by atoms with van der Waals surface area (Å²) in [7, 11) is 0. The standard InChI is InChI=1S/C16H17ClN2O2/c1-3-19-16(20)11-5-7-15(13(18)9-11)21-14-6-4-10(2)8-12(14)17/h4-9H,3,18H2,1-2H3,(H,19,20). The Bertz CT molecular complexity index is 671. The van der Waals surface area contributed by atoms with Gasteiger partial charge in [0.05, 0.1) is 10.7 Å². The van der Waals surface area contributed by atoms with Crippen LogP contribution in [0.3, 0.4) is 0 Å². The van der Waals surface area contributed by atoms with Crippen LogP contribution < -0.4 is 15.8 Å². The van der Waals surface area contributed by atoms with Gasteiger partial charge in [0.25, 0.3) is 5.91 Å². The molecule has 0 aliphatic carbocycles. The van der Waals surface area contributed by atoms with Gasteiger partial charge in [0, 0.05) is 12.1 Å². The molecule has 21 heavy (non-hydrogen) atoms. The van der Waals surface area contributed by atoms with Gasteiger partial charge in [0.15, 0.2) is 0 Å². The predicted molar refractivity (Wildman–Crippen MR) is 85.1 cm³/mol. The third-order valence-corrected chi connectivity index (χ3v) is 3.21. The first kappa shape index (κ1) is 15.2. The van der Waals surface area contributed by atoms with Crippen LogP contribution in [0.5, 0.6) is 11.5 Å². The fourth-order valence-corrected chi connectivity index (χ4v) is 2.13. The minimum Gasteiger partial charge on any atom is -0.454 e. The number of aryl methyl sites for hydroxylation is 1. The van der Waals surface area contributed by atoms with Crippen molar-refractivity contribution in [2.24, 2.45) is 0 Å². The normalized spacial score (nSPS) is 10.2. The van der Waals surface area contributed by atoms with E-state index in [0.717, 1.165) is 5.56 Å². The Labute approximate surface area is 128 Å². The van der Waals surface area contributed by atoms with Crippen molar-refractivity contribution >= 4 is 23.2 Å². The van der Waals surface area contributed by atoms with Gasteiger partial charge < -0.3 is 15.8 Å². The summed E-state index contributed by atoms with van der Waals surface area (Å²) in [4.78, 5) is 11.7. The summed E-state index contributed by atoms with van der Waals surface area (Å²) in [5.41, 5.74) is 7.86. The van der Waals surface area contributed by atoms with Gasteiger partial charge in [-0.3, -0.25) is 4.79 Å². The van der Waals surface area contributed by atoms with Crippen LogP contribution in [-0.4, -0.2) is 12.5 Å². The quantitative estimate of drug-likeness (QED) is 0.845. The predicted octanol–water partition coefficient (Wildman–Crippen LogP) is 3.77. The lowest BCUT2D eigenvalue weighted by Crippen LogP contribution is -2.22. The van der Waals surface area contributed by atoms with Crippen LogP contribution in [0.4, 0.5) is 5.69 Å². The lowest BCUT2D eigenvalue weighted by atomic mass is 10.1. The molecule has 1 amide bonds. The SMILES string of the molecule is CCNC(=O)c1ccc(Oc2ccc(C)cc2Cl)c(N)c1. The van der Waals surface area contributed by atoms with Gasteiger partial charge in [-0.25, -0.2) is 0 Å². The zero-order valence-electron chi connectivity index (χ0n) is 11.9. The molecule has 0 atom stereocenters. The number of carbonyl (C=O) groups is 1. The number of halogens is 1. The number of ether oxygens (including phenoxy) is 1. The molecule has 4 nitrogen and oxygen atoms in total. The molecule has 2 aromatic carbocycles. The highest BCUT2D eigenvalue weighted by Crippen LogP contribution is 2.33. The van der Waals surface area contributed by atoms with Crippen LogP contribution in [0.15, 0.2) is 36.4 Å². The highest BCUT2D eigenvalue weighted by molar-refractivity contribution is 6.32. The molecular weight excluding hydrogens is 288 g/mol. The van der Waals surface area contributed by atoms with Crippen molar-refractivity contribution in [3.63, 3.8) is 0 Å². The highest BCUT2D eigenvalue weighted by Gasteiger charge is 2.10. The Balaban J connectivity index is 2.23. The van der Waals surface area contributed by atoms with Crippen molar-refractivity contribution < 1.29 is 9.53 Å². The third kappa shape index (κ3) is 3.67. The Kier molecular flexibility index (Phi) is 4.70. The molecule has 0 aliphatic heterocycles. The largest absolute Gasteiger partial charge is 0.454 e. The van der Waals surface area contributed by atoms with E-state index in [1.165, 1.54) is 0 Å². The molecule has 0 spiro atoms. The molecule has 0 aliphatic rings. The first-order valence-electron chi connectivity index (χ1n) is 6.63. The summed E-state index contributed by atoms with van der Waals surface area (Å²) in [5.74, 6) is 0.831. The fourth-order valence-electron chi connectivity index (χ4n) is 1.85. The molecule has 0 unspecified atom stereocenters. The first-order chi connectivity index (χ1) is 10.0. The number of rotatable bonds is 4. The second-order valence-electron chi connectivity index (χ2n) is 4.65. The van der Waals surface area contributed by atoms with Gasteiger partial charge in [-0.2, -0.15) is 0 Å². The Morgan fingerprint density at radius 1 is 1.24 bits per heavy atom. The number of hydrogen-bond acceptors (Lipinski definition) is 3. The molecule has 2 aromatic rings. The van der Waals surface area contributed by atoms with Crippen molar-refractivity contribution in [2.45, 2.75) is 13.8 Å². The number of benzene rings is 2. The van der Waals surface area contributed by atoms with Crippen LogP contribution in [0.25, 0.3) is 0 Å². The summed E-state index contributed by atoms with van der Waals surface area (Å²) >= 11 is 6.12. The van der Waals surface area contributed by atoms with E-state index in [4.69, 9.17) is 22.1 Å². The van der Waals surface area contributed by atoms with E-state index in [9.17, 15) is 4.79 Å². The molecule has 0 bridgehead atoms. The van der Waals surface area contributed by atoms with Crippen molar-refractivity contribution in [1.82, 2.24) is 5.32 Å². The molecule has 5 heteroatoms. The van der Waals surface area contributed by atoms with Crippen molar-refractivity contribution in [1.29, 1.82) is 0 Å². The Morgan fingerprint density at radius 3 is 2.57 bits per heavy atom. The van der Waals surface area contributed by atoms with Crippen molar-refractivity contribution in [3.05, 3.63) is 52.5 Å². The van der Waals surface area contributed by atoms with Gasteiger partial charge in [0.2, 0.25) is 0 Å². The van der Waals surface area contributed by atoms with Gasteiger partial charge in [-0.05, 0) is 49.7 Å². The van der Waals surface area contributed by atoms with E-state index in [1.54, 1.807) is 24.3 Å². The summed E-state index contributed by atoms with van der Waals surface area (Å²) in [5, 5.41) is 3.23. The van der Waals surface area contributed by atoms with Gasteiger partial charge in [-0.1, -0.05) is 17.7 Å². The van der Waals surface area contributed by atoms with Crippen LogP contribution in [0, 0.1) is 6.92 Å². The summed E-state index contributed by atoms with van der Waals surface area (Å²) < 4.78 is 5.70. The smallest absolute Gasteiger partial charge is 0.251 e. The molecule has 3 N–H and O–H groups in total. The van der Waals surface area contributed by atoms with Crippen LogP contribution >= 0.6 is 11.6 Å². The van der Waals surface area contributed by atoms with Gasteiger partial charge in [-0.15, -0.1) is 0 Å². The van der Waals surface area contributed by atoms with E-state index in [-0.39, 0.29) is 5.91 Å². The zero-order valence-corrected chi connectivity index (χ0v) is 12.7. The first-order valence-corrected chi connectivity index (χ1v) is 7.00. The zero-order chi connectivity index (χ0) is 15.4. The fraction of sp³-hybridized carbons (Fsp3) is 0.188. The van der Waals surface area contributed by atoms with Crippen LogP contribution in [0.2, 0.25) is 5.02 Å². The Morgan fingerprint density at radius 2 is 1.95 bits per heavy atom. The van der Waals surface area contributed by atoms with Gasteiger partial charge in [0.1, 0.15) is 11.5 Å². The summed E-state index contributed by atoms with van der Waals surface area (Å²) in [6.07, 6.45) is 0. The van der Waals surface area contributed by atoms with Crippen molar-refractivity contribution in [3.8, 4) is 11.5 Å². The molecule has 0 radical (unpaired) electrons. The van der Waals surface area contributed by atoms with Gasteiger partial charge >= 0.3 is 0 Å². The third-order valence-electron chi connectivity index (χ3n) is 2.92. The average molecular weight is 305 g/mol.